The number of hydrogen-bond donors (Lipinski definition) is 1. The average Bonchev–Trinajstić information content (AvgIpc) is 2.95. The maximum atomic E-state index is 10.4. The Morgan fingerprint density at radius 3 is 3.00 bits per heavy atom. The quantitative estimate of drug-likeness (QED) is 0.864. The van der Waals surface area contributed by atoms with Crippen molar-refractivity contribution in [1.82, 2.24) is 0 Å². The van der Waals surface area contributed by atoms with E-state index >= 15 is 0 Å². The molecule has 2 heterocycles. The summed E-state index contributed by atoms with van der Waals surface area (Å²) in [6.45, 7) is 0.847. The lowest BCUT2D eigenvalue weighted by Crippen LogP contribution is -2.24. The minimum atomic E-state index is -0.996. The summed E-state index contributed by atoms with van der Waals surface area (Å²) in [5, 5.41) is 11.3. The van der Waals surface area contributed by atoms with Crippen LogP contribution in [-0.2, 0) is 10.3 Å². The second-order valence-corrected chi connectivity index (χ2v) is 4.32. The number of aliphatic hydroxyl groups is 1. The molecule has 1 aliphatic heterocycles. The molecule has 1 atom stereocenters. The highest BCUT2D eigenvalue weighted by Crippen LogP contribution is 2.36. The fourth-order valence-electron chi connectivity index (χ4n) is 2.17. The van der Waals surface area contributed by atoms with Crippen LogP contribution in [0.25, 0.3) is 11.0 Å². The highest BCUT2D eigenvalue weighted by Gasteiger charge is 2.37. The molecule has 1 N–H and O–H groups in total. The molecule has 4 heteroatoms. The van der Waals surface area contributed by atoms with E-state index < -0.39 is 5.60 Å². The van der Waals surface area contributed by atoms with Crippen molar-refractivity contribution in [2.75, 3.05) is 20.3 Å². The molecule has 1 fully saturated rings. The van der Waals surface area contributed by atoms with Crippen LogP contribution in [0.1, 0.15) is 12.2 Å². The number of methoxy groups -OCH3 is 1. The predicted molar refractivity (Wildman–Crippen MR) is 62.1 cm³/mol. The van der Waals surface area contributed by atoms with Gasteiger partial charge in [-0.3, -0.25) is 0 Å². The summed E-state index contributed by atoms with van der Waals surface area (Å²) in [5.74, 6) is 1.23. The lowest BCUT2D eigenvalue weighted by molar-refractivity contribution is 0.00571. The number of furan rings is 1. The van der Waals surface area contributed by atoms with Gasteiger partial charge in [0.15, 0.2) is 11.3 Å². The molecule has 1 aliphatic rings. The van der Waals surface area contributed by atoms with Gasteiger partial charge in [-0.15, -0.1) is 0 Å². The largest absolute Gasteiger partial charge is 0.493 e. The molecule has 2 aromatic rings. The van der Waals surface area contributed by atoms with Gasteiger partial charge in [0.2, 0.25) is 0 Å². The first kappa shape index (κ1) is 10.6. The summed E-state index contributed by atoms with van der Waals surface area (Å²) in [6, 6.07) is 7.52. The molecule has 1 aromatic heterocycles. The zero-order valence-corrected chi connectivity index (χ0v) is 9.60. The van der Waals surface area contributed by atoms with Gasteiger partial charge in [-0.05, 0) is 12.1 Å². The van der Waals surface area contributed by atoms with Crippen molar-refractivity contribution >= 4 is 11.0 Å². The molecule has 1 unspecified atom stereocenters. The van der Waals surface area contributed by atoms with Gasteiger partial charge in [-0.1, -0.05) is 12.1 Å². The normalized spacial score (nSPS) is 24.4. The molecule has 0 saturated carbocycles. The number of ether oxygens (including phenoxy) is 2. The van der Waals surface area contributed by atoms with Gasteiger partial charge in [-0.2, -0.15) is 0 Å². The summed E-state index contributed by atoms with van der Waals surface area (Å²) in [4.78, 5) is 0. The average molecular weight is 234 g/mol. The van der Waals surface area contributed by atoms with Gasteiger partial charge in [-0.25, -0.2) is 0 Å². The SMILES string of the molecule is COc1cccc2cc(C3(O)CCOC3)oc12. The highest BCUT2D eigenvalue weighted by atomic mass is 16.5. The summed E-state index contributed by atoms with van der Waals surface area (Å²) in [7, 11) is 1.60. The molecule has 0 radical (unpaired) electrons. The fraction of sp³-hybridized carbons (Fsp3) is 0.385. The zero-order valence-electron chi connectivity index (χ0n) is 9.60. The van der Waals surface area contributed by atoms with E-state index in [1.807, 2.05) is 24.3 Å². The molecule has 90 valence electrons. The monoisotopic (exact) mass is 234 g/mol. The topological polar surface area (TPSA) is 51.8 Å². The Kier molecular flexibility index (Phi) is 2.34. The first-order valence-electron chi connectivity index (χ1n) is 5.60. The van der Waals surface area contributed by atoms with Crippen molar-refractivity contribution in [1.29, 1.82) is 0 Å². The third kappa shape index (κ3) is 1.61. The van der Waals surface area contributed by atoms with Crippen LogP contribution < -0.4 is 4.74 Å². The fourth-order valence-corrected chi connectivity index (χ4v) is 2.17. The van der Waals surface area contributed by atoms with E-state index in [1.165, 1.54) is 0 Å². The van der Waals surface area contributed by atoms with E-state index in [2.05, 4.69) is 0 Å². The van der Waals surface area contributed by atoms with Crippen LogP contribution >= 0.6 is 0 Å². The summed E-state index contributed by atoms with van der Waals surface area (Å²) in [5.41, 5.74) is -0.324. The van der Waals surface area contributed by atoms with Crippen LogP contribution in [0.2, 0.25) is 0 Å². The van der Waals surface area contributed by atoms with Crippen molar-refractivity contribution in [3.63, 3.8) is 0 Å². The van der Waals surface area contributed by atoms with E-state index in [1.54, 1.807) is 7.11 Å². The van der Waals surface area contributed by atoms with Gasteiger partial charge < -0.3 is 19.0 Å². The number of benzene rings is 1. The molecule has 3 rings (SSSR count). The van der Waals surface area contributed by atoms with Crippen molar-refractivity contribution in [2.24, 2.45) is 0 Å². The molecule has 0 aliphatic carbocycles. The maximum Gasteiger partial charge on any atom is 0.176 e. The molecule has 0 spiro atoms. The summed E-state index contributed by atoms with van der Waals surface area (Å²) in [6.07, 6.45) is 0.565. The molecule has 0 bridgehead atoms. The molecule has 1 aromatic carbocycles. The maximum absolute atomic E-state index is 10.4. The Bertz CT molecular complexity index is 537. The summed E-state index contributed by atoms with van der Waals surface area (Å²) >= 11 is 0. The molecule has 1 saturated heterocycles. The number of para-hydroxylation sites is 1. The van der Waals surface area contributed by atoms with Gasteiger partial charge >= 0.3 is 0 Å². The Balaban J connectivity index is 2.13. The molecular weight excluding hydrogens is 220 g/mol. The Morgan fingerprint density at radius 1 is 1.41 bits per heavy atom. The van der Waals surface area contributed by atoms with Crippen molar-refractivity contribution < 1.29 is 19.0 Å². The van der Waals surface area contributed by atoms with E-state index in [-0.39, 0.29) is 6.61 Å². The number of rotatable bonds is 2. The smallest absolute Gasteiger partial charge is 0.176 e. The molecule has 0 amide bonds. The Hall–Kier alpha value is -1.52. The van der Waals surface area contributed by atoms with E-state index in [9.17, 15) is 5.11 Å². The van der Waals surface area contributed by atoms with Crippen LogP contribution in [0, 0.1) is 0 Å². The third-order valence-corrected chi connectivity index (χ3v) is 3.19. The van der Waals surface area contributed by atoms with Gasteiger partial charge in [0, 0.05) is 11.8 Å². The first-order chi connectivity index (χ1) is 8.23. The van der Waals surface area contributed by atoms with Crippen molar-refractivity contribution in [2.45, 2.75) is 12.0 Å². The predicted octanol–water partition coefficient (Wildman–Crippen LogP) is 2.05. The standard InChI is InChI=1S/C13H14O4/c1-15-10-4-2-3-9-7-11(17-12(9)10)13(14)5-6-16-8-13/h2-4,7,14H,5-6,8H2,1H3. The van der Waals surface area contributed by atoms with Gasteiger partial charge in [0.05, 0.1) is 20.3 Å². The van der Waals surface area contributed by atoms with E-state index in [4.69, 9.17) is 13.9 Å². The lowest BCUT2D eigenvalue weighted by atomic mass is 10.0. The first-order valence-corrected chi connectivity index (χ1v) is 5.60. The van der Waals surface area contributed by atoms with E-state index in [0.717, 1.165) is 5.39 Å². The van der Waals surface area contributed by atoms with Crippen LogP contribution in [-0.4, -0.2) is 25.4 Å². The number of hydrogen-bond acceptors (Lipinski definition) is 4. The Labute approximate surface area is 98.7 Å². The second kappa shape index (κ2) is 3.75. The van der Waals surface area contributed by atoms with Crippen LogP contribution in [0.15, 0.2) is 28.7 Å². The van der Waals surface area contributed by atoms with Crippen LogP contribution in [0.3, 0.4) is 0 Å². The molecule has 17 heavy (non-hydrogen) atoms. The number of fused-ring (bicyclic) bond motifs is 1. The van der Waals surface area contributed by atoms with Crippen molar-refractivity contribution in [3.8, 4) is 5.75 Å². The van der Waals surface area contributed by atoms with E-state index in [0.29, 0.717) is 30.1 Å². The third-order valence-electron chi connectivity index (χ3n) is 3.19. The second-order valence-electron chi connectivity index (χ2n) is 4.32. The minimum Gasteiger partial charge on any atom is -0.493 e. The molecular formula is C13H14O4. The van der Waals surface area contributed by atoms with Crippen molar-refractivity contribution in [3.05, 3.63) is 30.0 Å². The summed E-state index contributed by atoms with van der Waals surface area (Å²) < 4.78 is 16.2. The Morgan fingerprint density at radius 2 is 2.29 bits per heavy atom. The highest BCUT2D eigenvalue weighted by molar-refractivity contribution is 5.83. The van der Waals surface area contributed by atoms with Crippen LogP contribution in [0.5, 0.6) is 5.75 Å². The lowest BCUT2D eigenvalue weighted by Gasteiger charge is -2.16. The zero-order chi connectivity index (χ0) is 11.9. The molecule has 4 nitrogen and oxygen atoms in total. The van der Waals surface area contributed by atoms with Gasteiger partial charge in [0.25, 0.3) is 0 Å². The van der Waals surface area contributed by atoms with Crippen LogP contribution in [0.4, 0.5) is 0 Å². The van der Waals surface area contributed by atoms with Gasteiger partial charge in [0.1, 0.15) is 11.4 Å². The minimum absolute atomic E-state index is 0.287.